The summed E-state index contributed by atoms with van der Waals surface area (Å²) in [7, 11) is 0. The topological polar surface area (TPSA) is 115 Å². The minimum Gasteiger partial charge on any atom is -0.478 e. The number of carbonyl (C=O) groups is 2. The van der Waals surface area contributed by atoms with Crippen LogP contribution in [-0.4, -0.2) is 56.3 Å². The van der Waals surface area contributed by atoms with Gasteiger partial charge in [-0.15, -0.1) is 23.2 Å². The number of carboxylic acids is 2. The molecule has 0 saturated heterocycles. The highest BCUT2D eigenvalue weighted by Crippen LogP contribution is 2.16. The van der Waals surface area contributed by atoms with Crippen molar-refractivity contribution in [2.24, 2.45) is 0 Å². The van der Waals surface area contributed by atoms with Gasteiger partial charge in [-0.05, 0) is 0 Å². The predicted molar refractivity (Wildman–Crippen MR) is 55.8 cm³/mol. The highest BCUT2D eigenvalue weighted by atomic mass is 35.5. The molecular weight excluding hydrogens is 263 g/mol. The van der Waals surface area contributed by atoms with Crippen LogP contribution in [0, 0.1) is 0 Å². The first-order valence-corrected chi connectivity index (χ1v) is 5.12. The Morgan fingerprint density at radius 3 is 1.25 bits per heavy atom. The van der Waals surface area contributed by atoms with Crippen LogP contribution in [0.4, 0.5) is 0 Å². The van der Waals surface area contributed by atoms with Crippen LogP contribution >= 0.6 is 23.2 Å². The first-order valence-electron chi connectivity index (χ1n) is 4.05. The molecule has 2 unspecified atom stereocenters. The molecule has 0 aliphatic heterocycles. The normalized spacial score (nSPS) is 16.2. The van der Waals surface area contributed by atoms with Gasteiger partial charge in [0.05, 0.1) is 22.9 Å². The van der Waals surface area contributed by atoms with Gasteiger partial charge >= 0.3 is 11.9 Å². The summed E-state index contributed by atoms with van der Waals surface area (Å²) in [5.74, 6) is -4.36. The molecule has 0 aliphatic carbocycles. The van der Waals surface area contributed by atoms with E-state index in [0.29, 0.717) is 0 Å². The second-order valence-corrected chi connectivity index (χ2v) is 3.40. The van der Waals surface area contributed by atoms with Crippen molar-refractivity contribution in [2.45, 2.75) is 12.2 Å². The quantitative estimate of drug-likeness (QED) is 0.388. The first-order chi connectivity index (χ1) is 7.36. The fourth-order valence-electron chi connectivity index (χ4n) is 1.03. The SMILES string of the molecule is O=C(O)C(=C(C(=O)O)C(O)CCl)C(O)CCl. The molecule has 0 fully saturated rings. The van der Waals surface area contributed by atoms with Gasteiger partial charge in [-0.25, -0.2) is 9.59 Å². The molecule has 0 bridgehead atoms. The van der Waals surface area contributed by atoms with Crippen molar-refractivity contribution >= 4 is 35.1 Å². The van der Waals surface area contributed by atoms with Gasteiger partial charge in [0.2, 0.25) is 0 Å². The number of halogens is 2. The van der Waals surface area contributed by atoms with Crippen LogP contribution in [0.15, 0.2) is 11.1 Å². The third kappa shape index (κ3) is 3.64. The lowest BCUT2D eigenvalue weighted by Crippen LogP contribution is -2.30. The van der Waals surface area contributed by atoms with Gasteiger partial charge in [0.15, 0.2) is 0 Å². The first kappa shape index (κ1) is 15.2. The third-order valence-electron chi connectivity index (χ3n) is 1.71. The summed E-state index contributed by atoms with van der Waals surface area (Å²) >= 11 is 10.5. The van der Waals surface area contributed by atoms with E-state index < -0.39 is 47.1 Å². The number of rotatable bonds is 6. The number of aliphatic carboxylic acids is 2. The van der Waals surface area contributed by atoms with Crippen LogP contribution in [-0.2, 0) is 9.59 Å². The van der Waals surface area contributed by atoms with E-state index in [2.05, 4.69) is 0 Å². The summed E-state index contributed by atoms with van der Waals surface area (Å²) in [4.78, 5) is 21.5. The number of carboxylic acid groups (broad SMARTS) is 2. The Balaban J connectivity index is 5.63. The van der Waals surface area contributed by atoms with Crippen molar-refractivity contribution in [2.75, 3.05) is 11.8 Å². The van der Waals surface area contributed by atoms with E-state index in [-0.39, 0.29) is 0 Å². The third-order valence-corrected chi connectivity index (χ3v) is 2.29. The van der Waals surface area contributed by atoms with Crippen molar-refractivity contribution in [3.05, 3.63) is 11.1 Å². The van der Waals surface area contributed by atoms with Gasteiger partial charge in [0, 0.05) is 0 Å². The zero-order chi connectivity index (χ0) is 12.9. The second-order valence-electron chi connectivity index (χ2n) is 2.78. The average Bonchev–Trinajstić information content (AvgIpc) is 2.22. The summed E-state index contributed by atoms with van der Waals surface area (Å²) in [5, 5.41) is 36.0. The number of aliphatic hydroxyl groups excluding tert-OH is 2. The highest BCUT2D eigenvalue weighted by Gasteiger charge is 2.30. The lowest BCUT2D eigenvalue weighted by atomic mass is 10.00. The molecule has 0 aromatic heterocycles. The minimum absolute atomic E-state index is 0.507. The summed E-state index contributed by atoms with van der Waals surface area (Å²) in [6, 6.07) is 0. The molecular formula is C8H10Cl2O6. The van der Waals surface area contributed by atoms with Crippen molar-refractivity contribution in [1.29, 1.82) is 0 Å². The van der Waals surface area contributed by atoms with Crippen LogP contribution in [0.3, 0.4) is 0 Å². The number of hydrogen-bond acceptors (Lipinski definition) is 4. The standard InChI is InChI=1S/C8H10Cl2O6/c9-1-3(11)5(7(13)14)6(8(15)16)4(12)2-10/h3-4,11-12H,1-2H2,(H,13,14)(H,15,16). The van der Waals surface area contributed by atoms with E-state index >= 15 is 0 Å². The average molecular weight is 273 g/mol. The zero-order valence-electron chi connectivity index (χ0n) is 7.93. The Kier molecular flexibility index (Phi) is 6.35. The zero-order valence-corrected chi connectivity index (χ0v) is 9.44. The molecule has 2 atom stereocenters. The molecule has 16 heavy (non-hydrogen) atoms. The lowest BCUT2D eigenvalue weighted by Gasteiger charge is -2.15. The maximum absolute atomic E-state index is 10.8. The van der Waals surface area contributed by atoms with Gasteiger partial charge in [-0.1, -0.05) is 0 Å². The number of alkyl halides is 2. The van der Waals surface area contributed by atoms with Crippen LogP contribution in [0.2, 0.25) is 0 Å². The van der Waals surface area contributed by atoms with E-state index in [9.17, 15) is 19.8 Å². The van der Waals surface area contributed by atoms with Crippen molar-refractivity contribution < 1.29 is 30.0 Å². The largest absolute Gasteiger partial charge is 0.478 e. The maximum Gasteiger partial charge on any atom is 0.334 e. The second kappa shape index (κ2) is 6.70. The van der Waals surface area contributed by atoms with Crippen LogP contribution in [0.1, 0.15) is 0 Å². The molecule has 0 spiro atoms. The summed E-state index contributed by atoms with van der Waals surface area (Å²) in [6.07, 6.45) is -3.38. The fourth-order valence-corrected chi connectivity index (χ4v) is 1.34. The van der Waals surface area contributed by atoms with E-state index in [1.807, 2.05) is 0 Å². The Hall–Kier alpha value is -0.820. The molecule has 92 valence electrons. The van der Waals surface area contributed by atoms with Crippen molar-refractivity contribution in [3.63, 3.8) is 0 Å². The van der Waals surface area contributed by atoms with Crippen LogP contribution in [0.25, 0.3) is 0 Å². The van der Waals surface area contributed by atoms with E-state index in [1.165, 1.54) is 0 Å². The Morgan fingerprint density at radius 1 is 0.875 bits per heavy atom. The molecule has 0 radical (unpaired) electrons. The lowest BCUT2D eigenvalue weighted by molar-refractivity contribution is -0.137. The Bertz CT molecular complexity index is 284. The monoisotopic (exact) mass is 272 g/mol. The van der Waals surface area contributed by atoms with Crippen LogP contribution in [0.5, 0.6) is 0 Å². The maximum atomic E-state index is 10.8. The molecule has 0 aromatic carbocycles. The van der Waals surface area contributed by atoms with Crippen molar-refractivity contribution in [3.8, 4) is 0 Å². The molecule has 0 rings (SSSR count). The number of hydrogen-bond donors (Lipinski definition) is 4. The van der Waals surface area contributed by atoms with E-state index in [4.69, 9.17) is 33.4 Å². The smallest absolute Gasteiger partial charge is 0.334 e. The fraction of sp³-hybridized carbons (Fsp3) is 0.500. The van der Waals surface area contributed by atoms with Crippen LogP contribution < -0.4 is 0 Å². The summed E-state index contributed by atoms with van der Waals surface area (Å²) < 4.78 is 0. The van der Waals surface area contributed by atoms with Gasteiger partial charge in [0.1, 0.15) is 12.2 Å². The van der Waals surface area contributed by atoms with E-state index in [0.717, 1.165) is 0 Å². The minimum atomic E-state index is -1.69. The summed E-state index contributed by atoms with van der Waals surface area (Å²) in [5.41, 5.74) is -1.73. The molecule has 8 heteroatoms. The Labute approximate surface area is 101 Å². The molecule has 0 aromatic rings. The van der Waals surface area contributed by atoms with E-state index in [1.54, 1.807) is 0 Å². The molecule has 0 heterocycles. The van der Waals surface area contributed by atoms with Gasteiger partial charge < -0.3 is 20.4 Å². The predicted octanol–water partition coefficient (Wildman–Crippen LogP) is -0.348. The highest BCUT2D eigenvalue weighted by molar-refractivity contribution is 6.19. The summed E-state index contributed by atoms with van der Waals surface area (Å²) in [6.45, 7) is 0. The molecule has 0 aliphatic rings. The molecule has 4 N–H and O–H groups in total. The Morgan fingerprint density at radius 2 is 1.12 bits per heavy atom. The van der Waals surface area contributed by atoms with Crippen molar-refractivity contribution in [1.82, 2.24) is 0 Å². The number of aliphatic hydroxyl groups is 2. The van der Waals surface area contributed by atoms with Gasteiger partial charge in [-0.2, -0.15) is 0 Å². The molecule has 6 nitrogen and oxygen atoms in total. The van der Waals surface area contributed by atoms with Gasteiger partial charge in [0.25, 0.3) is 0 Å². The molecule has 0 amide bonds. The van der Waals surface area contributed by atoms with Gasteiger partial charge in [-0.3, -0.25) is 0 Å². The molecule has 0 saturated carbocycles.